The molecule has 0 unspecified atom stereocenters. The van der Waals surface area contributed by atoms with Crippen LogP contribution in [0.4, 0.5) is 4.39 Å². The lowest BCUT2D eigenvalue weighted by Gasteiger charge is -2.18. The zero-order valence-corrected chi connectivity index (χ0v) is 11.8. The van der Waals surface area contributed by atoms with E-state index in [-0.39, 0.29) is 18.3 Å². The van der Waals surface area contributed by atoms with E-state index in [9.17, 15) is 14.0 Å². The molecule has 0 saturated heterocycles. The van der Waals surface area contributed by atoms with Crippen molar-refractivity contribution in [1.29, 1.82) is 0 Å². The van der Waals surface area contributed by atoms with Crippen LogP contribution in [-0.4, -0.2) is 26.3 Å². The second-order valence-electron chi connectivity index (χ2n) is 4.22. The van der Waals surface area contributed by atoms with Crippen molar-refractivity contribution in [3.05, 3.63) is 46.2 Å². The molecule has 2 rings (SSSR count). The summed E-state index contributed by atoms with van der Waals surface area (Å²) < 4.78 is 16.5. The van der Waals surface area contributed by atoms with Crippen LogP contribution >= 0.6 is 11.5 Å². The summed E-state index contributed by atoms with van der Waals surface area (Å²) in [6.07, 6.45) is 0. The maximum absolute atomic E-state index is 12.9. The van der Waals surface area contributed by atoms with Gasteiger partial charge in [-0.25, -0.2) is 4.39 Å². The van der Waals surface area contributed by atoms with Gasteiger partial charge in [0.1, 0.15) is 10.7 Å². The summed E-state index contributed by atoms with van der Waals surface area (Å²) in [4.78, 5) is 25.4. The molecule has 1 aromatic carbocycles. The molecule has 5 nitrogen and oxygen atoms in total. The zero-order valence-electron chi connectivity index (χ0n) is 11.0. The molecule has 0 atom stereocenters. The van der Waals surface area contributed by atoms with Gasteiger partial charge in [0.25, 0.3) is 5.91 Å². The largest absolute Gasteiger partial charge is 0.275 e. The monoisotopic (exact) mass is 293 g/mol. The van der Waals surface area contributed by atoms with Crippen molar-refractivity contribution < 1.29 is 14.0 Å². The van der Waals surface area contributed by atoms with Gasteiger partial charge >= 0.3 is 0 Å². The second kappa shape index (κ2) is 5.87. The Morgan fingerprint density at radius 2 is 1.95 bits per heavy atom. The van der Waals surface area contributed by atoms with E-state index in [1.165, 1.54) is 31.2 Å². The first-order chi connectivity index (χ1) is 9.49. The van der Waals surface area contributed by atoms with Gasteiger partial charge in [0.15, 0.2) is 0 Å². The fraction of sp³-hybridized carbons (Fsp3) is 0.231. The lowest BCUT2D eigenvalue weighted by Crippen LogP contribution is -2.34. The minimum absolute atomic E-state index is 0.0891. The predicted molar refractivity (Wildman–Crippen MR) is 71.6 cm³/mol. The van der Waals surface area contributed by atoms with E-state index in [1.807, 2.05) is 0 Å². The van der Waals surface area contributed by atoms with Crippen LogP contribution in [0.15, 0.2) is 24.3 Å². The molecule has 0 fully saturated rings. The predicted octanol–water partition coefficient (Wildman–Crippen LogP) is 2.17. The number of carbonyl (C=O) groups is 2. The molecule has 1 aromatic heterocycles. The van der Waals surface area contributed by atoms with Crippen LogP contribution in [0.2, 0.25) is 0 Å². The van der Waals surface area contributed by atoms with Gasteiger partial charge in [-0.05, 0) is 36.2 Å². The SMILES string of the molecule is CC(=O)N(Cc1ccc(F)cc1)C(=O)c1snnc1C. The third-order valence-electron chi connectivity index (χ3n) is 2.72. The number of hydrogen-bond donors (Lipinski definition) is 0. The van der Waals surface area contributed by atoms with E-state index in [0.717, 1.165) is 16.4 Å². The highest BCUT2D eigenvalue weighted by atomic mass is 32.1. The number of aromatic nitrogens is 2. The van der Waals surface area contributed by atoms with Crippen LogP contribution in [0, 0.1) is 12.7 Å². The van der Waals surface area contributed by atoms with Crippen LogP contribution < -0.4 is 0 Å². The van der Waals surface area contributed by atoms with E-state index in [4.69, 9.17) is 0 Å². The molecule has 0 radical (unpaired) electrons. The third kappa shape index (κ3) is 3.05. The molecule has 0 aliphatic carbocycles. The van der Waals surface area contributed by atoms with Gasteiger partial charge in [0.2, 0.25) is 5.91 Å². The molecule has 0 N–H and O–H groups in total. The highest BCUT2D eigenvalue weighted by Gasteiger charge is 2.24. The van der Waals surface area contributed by atoms with Gasteiger partial charge in [-0.3, -0.25) is 14.5 Å². The van der Waals surface area contributed by atoms with Crippen LogP contribution in [0.1, 0.15) is 27.9 Å². The maximum Gasteiger partial charge on any atom is 0.274 e. The minimum Gasteiger partial charge on any atom is -0.275 e. The summed E-state index contributed by atoms with van der Waals surface area (Å²) in [6, 6.07) is 5.65. The average molecular weight is 293 g/mol. The van der Waals surface area contributed by atoms with Gasteiger partial charge in [-0.1, -0.05) is 16.6 Å². The highest BCUT2D eigenvalue weighted by molar-refractivity contribution is 7.08. The molecule has 2 aromatic rings. The van der Waals surface area contributed by atoms with Gasteiger partial charge in [0, 0.05) is 6.92 Å². The molecule has 1 heterocycles. The average Bonchev–Trinajstić information content (AvgIpc) is 2.83. The number of aryl methyl sites for hydroxylation is 1. The van der Waals surface area contributed by atoms with Crippen LogP contribution in [0.3, 0.4) is 0 Å². The molecular formula is C13H12FN3O2S. The fourth-order valence-corrected chi connectivity index (χ4v) is 2.26. The molecular weight excluding hydrogens is 281 g/mol. The van der Waals surface area contributed by atoms with E-state index >= 15 is 0 Å². The summed E-state index contributed by atoms with van der Waals surface area (Å²) in [7, 11) is 0. The summed E-state index contributed by atoms with van der Waals surface area (Å²) in [5.41, 5.74) is 1.16. The number of amides is 2. The Bertz CT molecular complexity index is 639. The minimum atomic E-state index is -0.436. The number of hydrogen-bond acceptors (Lipinski definition) is 5. The van der Waals surface area contributed by atoms with Crippen LogP contribution in [-0.2, 0) is 11.3 Å². The topological polar surface area (TPSA) is 63.2 Å². The smallest absolute Gasteiger partial charge is 0.274 e. The molecule has 20 heavy (non-hydrogen) atoms. The number of imide groups is 1. The quantitative estimate of drug-likeness (QED) is 0.870. The van der Waals surface area contributed by atoms with Crippen molar-refractivity contribution in [1.82, 2.24) is 14.5 Å². The first kappa shape index (κ1) is 14.3. The van der Waals surface area contributed by atoms with Crippen molar-refractivity contribution in [2.75, 3.05) is 0 Å². The van der Waals surface area contributed by atoms with E-state index in [2.05, 4.69) is 9.59 Å². The van der Waals surface area contributed by atoms with Crippen molar-refractivity contribution in [2.45, 2.75) is 20.4 Å². The Morgan fingerprint density at radius 1 is 1.30 bits per heavy atom. The molecule has 104 valence electrons. The van der Waals surface area contributed by atoms with Gasteiger partial charge in [-0.15, -0.1) is 5.10 Å². The zero-order chi connectivity index (χ0) is 14.7. The molecule has 0 aliphatic heterocycles. The Labute approximate surface area is 119 Å². The molecule has 0 saturated carbocycles. The molecule has 0 bridgehead atoms. The Morgan fingerprint density at radius 3 is 2.45 bits per heavy atom. The normalized spacial score (nSPS) is 10.3. The fourth-order valence-electron chi connectivity index (χ4n) is 1.65. The van der Waals surface area contributed by atoms with Crippen molar-refractivity contribution in [3.63, 3.8) is 0 Å². The number of carbonyl (C=O) groups excluding carboxylic acids is 2. The molecule has 2 amide bonds. The molecule has 0 spiro atoms. The van der Waals surface area contributed by atoms with E-state index < -0.39 is 5.91 Å². The summed E-state index contributed by atoms with van der Waals surface area (Å²) in [5.74, 6) is -1.18. The maximum atomic E-state index is 12.9. The highest BCUT2D eigenvalue weighted by Crippen LogP contribution is 2.15. The van der Waals surface area contributed by atoms with Gasteiger partial charge < -0.3 is 0 Å². The third-order valence-corrected chi connectivity index (χ3v) is 3.54. The lowest BCUT2D eigenvalue weighted by molar-refractivity contribution is -0.126. The second-order valence-corrected chi connectivity index (χ2v) is 4.98. The number of rotatable bonds is 3. The Hall–Kier alpha value is -2.15. The van der Waals surface area contributed by atoms with Crippen molar-refractivity contribution in [3.8, 4) is 0 Å². The van der Waals surface area contributed by atoms with E-state index in [0.29, 0.717) is 16.1 Å². The summed E-state index contributed by atoms with van der Waals surface area (Å²) in [6.45, 7) is 3.06. The van der Waals surface area contributed by atoms with Crippen LogP contribution in [0.25, 0.3) is 0 Å². The van der Waals surface area contributed by atoms with E-state index in [1.54, 1.807) is 6.92 Å². The first-order valence-corrected chi connectivity index (χ1v) is 6.62. The summed E-state index contributed by atoms with van der Waals surface area (Å²) >= 11 is 0.952. The van der Waals surface area contributed by atoms with Crippen molar-refractivity contribution >= 4 is 23.3 Å². The standard InChI is InChI=1S/C13H12FN3O2S/c1-8-12(20-16-15-8)13(19)17(9(2)18)7-10-3-5-11(14)6-4-10/h3-6H,7H2,1-2H3. The first-order valence-electron chi connectivity index (χ1n) is 5.85. The lowest BCUT2D eigenvalue weighted by atomic mass is 10.2. The Kier molecular flexibility index (Phi) is 4.19. The van der Waals surface area contributed by atoms with Gasteiger partial charge in [0.05, 0.1) is 12.2 Å². The summed E-state index contributed by atoms with van der Waals surface area (Å²) in [5, 5.41) is 3.76. The number of benzene rings is 1. The van der Waals surface area contributed by atoms with Crippen LogP contribution in [0.5, 0.6) is 0 Å². The Balaban J connectivity index is 2.24. The molecule has 7 heteroatoms. The number of nitrogens with zero attached hydrogens (tertiary/aromatic N) is 3. The molecule has 0 aliphatic rings. The van der Waals surface area contributed by atoms with Crippen molar-refractivity contribution in [2.24, 2.45) is 0 Å². The van der Waals surface area contributed by atoms with Gasteiger partial charge in [-0.2, -0.15) is 0 Å². The number of halogens is 1.